The number of cyclic esters (lactones) is 1. The van der Waals surface area contributed by atoms with Crippen LogP contribution in [0.4, 0.5) is 0 Å². The molecule has 0 aromatic carbocycles. The maximum atomic E-state index is 12.3. The standard InChI is InChI=1S/C20H30O4/c1-17-9-5-14-18(2)7-4-8-19(3,15(21)22)13(18)6-10-20(14,11-17)12-24-16(17)23/h13-14H,4-12H2,1-3H3,(H,21,22)/t13?,14?,17-,18+,19+,20+/m0/s1. The first-order chi connectivity index (χ1) is 11.2. The summed E-state index contributed by atoms with van der Waals surface area (Å²) in [5.41, 5.74) is -0.763. The van der Waals surface area contributed by atoms with Gasteiger partial charge in [0.2, 0.25) is 0 Å². The normalized spacial score (nSPS) is 53.5. The van der Waals surface area contributed by atoms with Crippen molar-refractivity contribution in [3.63, 3.8) is 0 Å². The predicted molar refractivity (Wildman–Crippen MR) is 89.3 cm³/mol. The molecule has 4 aliphatic rings. The number of hydrogen-bond acceptors (Lipinski definition) is 3. The number of esters is 1. The highest BCUT2D eigenvalue weighted by Gasteiger charge is 2.67. The molecule has 4 rings (SSSR count). The van der Waals surface area contributed by atoms with Crippen LogP contribution in [0.3, 0.4) is 0 Å². The van der Waals surface area contributed by atoms with Crippen molar-refractivity contribution in [1.29, 1.82) is 0 Å². The number of hydrogen-bond donors (Lipinski definition) is 1. The second-order valence-electron chi connectivity index (χ2n) is 9.94. The molecule has 4 heteroatoms. The average Bonchev–Trinajstić information content (AvgIpc) is 2.50. The molecule has 2 bridgehead atoms. The summed E-state index contributed by atoms with van der Waals surface area (Å²) in [6.07, 6.45) is 7.79. The number of rotatable bonds is 1. The topological polar surface area (TPSA) is 63.6 Å². The number of carboxylic acids is 1. The predicted octanol–water partition coefficient (Wildman–Crippen LogP) is 4.03. The van der Waals surface area contributed by atoms with Gasteiger partial charge in [0, 0.05) is 5.41 Å². The summed E-state index contributed by atoms with van der Waals surface area (Å²) in [4.78, 5) is 24.3. The second-order valence-corrected chi connectivity index (χ2v) is 9.94. The Kier molecular flexibility index (Phi) is 3.26. The maximum Gasteiger partial charge on any atom is 0.311 e. The summed E-state index contributed by atoms with van der Waals surface area (Å²) >= 11 is 0. The van der Waals surface area contributed by atoms with Gasteiger partial charge in [0.1, 0.15) is 0 Å². The Balaban J connectivity index is 1.74. The van der Waals surface area contributed by atoms with Crippen molar-refractivity contribution < 1.29 is 19.4 Å². The van der Waals surface area contributed by atoms with Crippen LogP contribution in [-0.2, 0) is 14.3 Å². The number of carboxylic acid groups (broad SMARTS) is 1. The van der Waals surface area contributed by atoms with Crippen LogP contribution < -0.4 is 0 Å². The lowest BCUT2D eigenvalue weighted by molar-refractivity contribution is -0.225. The van der Waals surface area contributed by atoms with E-state index < -0.39 is 11.4 Å². The third-order valence-corrected chi connectivity index (χ3v) is 8.64. The molecule has 0 amide bonds. The Morgan fingerprint density at radius 1 is 1.08 bits per heavy atom. The van der Waals surface area contributed by atoms with Gasteiger partial charge in [-0.15, -0.1) is 0 Å². The van der Waals surface area contributed by atoms with Gasteiger partial charge < -0.3 is 9.84 Å². The molecule has 3 aliphatic carbocycles. The minimum absolute atomic E-state index is 0.0159. The smallest absolute Gasteiger partial charge is 0.311 e. The van der Waals surface area contributed by atoms with Gasteiger partial charge in [-0.25, -0.2) is 0 Å². The molecule has 4 fully saturated rings. The van der Waals surface area contributed by atoms with Crippen LogP contribution >= 0.6 is 0 Å². The quantitative estimate of drug-likeness (QED) is 0.735. The fraction of sp³-hybridized carbons (Fsp3) is 0.900. The minimum atomic E-state index is -0.620. The Morgan fingerprint density at radius 2 is 1.79 bits per heavy atom. The van der Waals surface area contributed by atoms with E-state index in [1.165, 1.54) is 0 Å². The summed E-state index contributed by atoms with van der Waals surface area (Å²) in [5, 5.41) is 9.93. The Hall–Kier alpha value is -1.06. The summed E-state index contributed by atoms with van der Waals surface area (Å²) < 4.78 is 5.68. The highest BCUT2D eigenvalue weighted by atomic mass is 16.5. The molecule has 4 nitrogen and oxygen atoms in total. The highest BCUT2D eigenvalue weighted by molar-refractivity contribution is 5.78. The number of ether oxygens (including phenoxy) is 1. The number of carbonyl (C=O) groups is 2. The number of aliphatic carboxylic acids is 1. The molecule has 134 valence electrons. The van der Waals surface area contributed by atoms with Gasteiger partial charge in [0.15, 0.2) is 0 Å². The second kappa shape index (κ2) is 4.76. The van der Waals surface area contributed by atoms with Gasteiger partial charge in [0.25, 0.3) is 0 Å². The zero-order valence-corrected chi connectivity index (χ0v) is 15.2. The molecule has 1 spiro atoms. The third-order valence-electron chi connectivity index (χ3n) is 8.64. The van der Waals surface area contributed by atoms with E-state index >= 15 is 0 Å². The molecule has 24 heavy (non-hydrogen) atoms. The third kappa shape index (κ3) is 1.86. The van der Waals surface area contributed by atoms with Crippen molar-refractivity contribution in [2.24, 2.45) is 33.5 Å². The minimum Gasteiger partial charge on any atom is -0.481 e. The van der Waals surface area contributed by atoms with Gasteiger partial charge in [-0.2, -0.15) is 0 Å². The van der Waals surface area contributed by atoms with Crippen molar-refractivity contribution in [1.82, 2.24) is 0 Å². The lowest BCUT2D eigenvalue weighted by atomic mass is 9.38. The zero-order valence-electron chi connectivity index (χ0n) is 15.2. The van der Waals surface area contributed by atoms with Gasteiger partial charge in [0.05, 0.1) is 17.4 Å². The number of carbonyl (C=O) groups excluding carboxylic acids is 1. The monoisotopic (exact) mass is 334 g/mol. The van der Waals surface area contributed by atoms with E-state index in [2.05, 4.69) is 13.8 Å². The SMILES string of the molecule is C[C@@]12CCC3[C@@](CCC4[C@@]3(C)CCC[C@@]4(C)C(=O)O)(COC1=O)C2. The Labute approximate surface area is 144 Å². The molecular formula is C20H30O4. The maximum absolute atomic E-state index is 12.3. The average molecular weight is 334 g/mol. The molecule has 1 heterocycles. The highest BCUT2D eigenvalue weighted by Crippen LogP contribution is 2.70. The van der Waals surface area contributed by atoms with Crippen molar-refractivity contribution >= 4 is 11.9 Å². The molecule has 0 radical (unpaired) electrons. The summed E-state index contributed by atoms with van der Waals surface area (Å²) in [6.45, 7) is 6.95. The van der Waals surface area contributed by atoms with Crippen LogP contribution in [-0.4, -0.2) is 23.7 Å². The van der Waals surface area contributed by atoms with E-state index in [1.54, 1.807) is 0 Å². The van der Waals surface area contributed by atoms with Gasteiger partial charge in [-0.05, 0) is 76.0 Å². The first-order valence-electron chi connectivity index (χ1n) is 9.57. The number of fused-ring (bicyclic) bond motifs is 3. The van der Waals surface area contributed by atoms with Crippen LogP contribution in [0.1, 0.15) is 72.1 Å². The van der Waals surface area contributed by atoms with Gasteiger partial charge in [-0.1, -0.05) is 13.3 Å². The van der Waals surface area contributed by atoms with E-state index in [4.69, 9.17) is 4.74 Å². The van der Waals surface area contributed by atoms with Crippen LogP contribution in [0, 0.1) is 33.5 Å². The van der Waals surface area contributed by atoms with Gasteiger partial charge in [-0.3, -0.25) is 9.59 Å². The molecule has 6 atom stereocenters. The summed E-state index contributed by atoms with van der Waals surface area (Å²) in [6, 6.07) is 0. The van der Waals surface area contributed by atoms with Gasteiger partial charge >= 0.3 is 11.9 Å². The fourth-order valence-electron chi connectivity index (χ4n) is 7.50. The molecule has 1 saturated heterocycles. The first kappa shape index (κ1) is 16.4. The molecule has 1 aliphatic heterocycles. The van der Waals surface area contributed by atoms with Crippen molar-refractivity contribution in [2.45, 2.75) is 72.1 Å². The Morgan fingerprint density at radius 3 is 2.50 bits per heavy atom. The first-order valence-corrected chi connectivity index (χ1v) is 9.57. The van der Waals surface area contributed by atoms with E-state index in [-0.39, 0.29) is 28.1 Å². The summed E-state index contributed by atoms with van der Waals surface area (Å²) in [5.74, 6) is 0.0979. The lowest BCUT2D eigenvalue weighted by Crippen LogP contribution is -2.63. The summed E-state index contributed by atoms with van der Waals surface area (Å²) in [7, 11) is 0. The molecular weight excluding hydrogens is 304 g/mol. The van der Waals surface area contributed by atoms with E-state index in [0.717, 1.165) is 51.4 Å². The largest absolute Gasteiger partial charge is 0.481 e. The van der Waals surface area contributed by atoms with Crippen molar-refractivity contribution in [3.8, 4) is 0 Å². The Bertz CT molecular complexity index is 600. The van der Waals surface area contributed by atoms with Crippen molar-refractivity contribution in [2.75, 3.05) is 6.61 Å². The molecule has 2 unspecified atom stereocenters. The molecule has 3 saturated carbocycles. The van der Waals surface area contributed by atoms with Crippen LogP contribution in [0.15, 0.2) is 0 Å². The van der Waals surface area contributed by atoms with E-state index in [9.17, 15) is 14.7 Å². The fourth-order valence-corrected chi connectivity index (χ4v) is 7.50. The van der Waals surface area contributed by atoms with E-state index in [0.29, 0.717) is 12.5 Å². The molecule has 0 aromatic rings. The molecule has 1 N–H and O–H groups in total. The van der Waals surface area contributed by atoms with E-state index in [1.807, 2.05) is 6.92 Å². The van der Waals surface area contributed by atoms with Crippen LogP contribution in [0.25, 0.3) is 0 Å². The zero-order chi connectivity index (χ0) is 17.4. The van der Waals surface area contributed by atoms with Crippen molar-refractivity contribution in [3.05, 3.63) is 0 Å². The van der Waals surface area contributed by atoms with Crippen LogP contribution in [0.2, 0.25) is 0 Å². The molecule has 0 aromatic heterocycles. The lowest BCUT2D eigenvalue weighted by Gasteiger charge is -2.66. The van der Waals surface area contributed by atoms with Crippen LogP contribution in [0.5, 0.6) is 0 Å².